The molecule has 0 spiro atoms. The number of aromatic nitrogens is 2. The molecule has 5 nitrogen and oxygen atoms in total. The average molecular weight is 368 g/mol. The largest absolute Gasteiger partial charge is 0.506 e. The van der Waals surface area contributed by atoms with Crippen LogP contribution in [-0.2, 0) is 0 Å². The van der Waals surface area contributed by atoms with Crippen LogP contribution in [0, 0.1) is 11.3 Å². The van der Waals surface area contributed by atoms with E-state index in [0.717, 1.165) is 40.6 Å². The minimum absolute atomic E-state index is 0.115. The molecule has 0 amide bonds. The Kier molecular flexibility index (Phi) is 4.54. The lowest BCUT2D eigenvalue weighted by Crippen LogP contribution is -2.36. The van der Waals surface area contributed by atoms with Gasteiger partial charge in [0.2, 0.25) is 0 Å². The van der Waals surface area contributed by atoms with Crippen molar-refractivity contribution in [3.63, 3.8) is 0 Å². The number of fused-ring (bicyclic) bond motifs is 1. The van der Waals surface area contributed by atoms with Crippen molar-refractivity contribution in [3.8, 4) is 22.9 Å². The standard InChI is InChI=1S/C23H20N4O/c1-2-23(8-4-3-5-9-23)27-22-18(12-24)14-26-21-7-6-16(11-20(21)22)17-10-19(28)15-25-13-17/h3-8,10-11,13-15,28H,2,9H2,1H3,(H,26,27). The fraction of sp³-hybridized carbons (Fsp3) is 0.174. The number of allylic oxidation sites excluding steroid dienone is 2. The Bertz CT molecular complexity index is 1140. The molecule has 3 aromatic rings. The molecular weight excluding hydrogens is 348 g/mol. The molecule has 1 aliphatic carbocycles. The van der Waals surface area contributed by atoms with Gasteiger partial charge in [-0.1, -0.05) is 37.3 Å². The van der Waals surface area contributed by atoms with Crippen molar-refractivity contribution < 1.29 is 5.11 Å². The second kappa shape index (κ2) is 7.16. The summed E-state index contributed by atoms with van der Waals surface area (Å²) in [5.41, 5.74) is 3.57. The van der Waals surface area contributed by atoms with Gasteiger partial charge in [0.15, 0.2) is 0 Å². The maximum atomic E-state index is 9.76. The lowest BCUT2D eigenvalue weighted by molar-refractivity contribution is 0.473. The molecule has 0 saturated carbocycles. The highest BCUT2D eigenvalue weighted by atomic mass is 16.3. The van der Waals surface area contributed by atoms with Crippen LogP contribution < -0.4 is 5.32 Å². The first-order valence-electron chi connectivity index (χ1n) is 9.24. The van der Waals surface area contributed by atoms with Crippen molar-refractivity contribution >= 4 is 16.6 Å². The number of benzene rings is 1. The van der Waals surface area contributed by atoms with Gasteiger partial charge in [-0.3, -0.25) is 9.97 Å². The Labute approximate surface area is 163 Å². The van der Waals surface area contributed by atoms with E-state index >= 15 is 0 Å². The molecular formula is C23H20N4O. The first-order chi connectivity index (χ1) is 13.6. The van der Waals surface area contributed by atoms with Gasteiger partial charge in [-0.05, 0) is 36.6 Å². The smallest absolute Gasteiger partial charge is 0.134 e. The molecule has 138 valence electrons. The summed E-state index contributed by atoms with van der Waals surface area (Å²) in [6, 6.07) is 9.80. The molecule has 1 unspecified atom stereocenters. The number of aromatic hydroxyl groups is 1. The third-order valence-corrected chi connectivity index (χ3v) is 5.19. The van der Waals surface area contributed by atoms with Gasteiger partial charge < -0.3 is 10.4 Å². The van der Waals surface area contributed by atoms with E-state index in [-0.39, 0.29) is 11.3 Å². The molecule has 4 rings (SSSR count). The molecule has 5 heteroatoms. The third kappa shape index (κ3) is 3.21. The van der Waals surface area contributed by atoms with E-state index in [9.17, 15) is 10.4 Å². The summed E-state index contributed by atoms with van der Waals surface area (Å²) < 4.78 is 0. The molecule has 0 bridgehead atoms. The van der Waals surface area contributed by atoms with E-state index < -0.39 is 0 Å². The van der Waals surface area contributed by atoms with Crippen LogP contribution >= 0.6 is 0 Å². The minimum atomic E-state index is -0.239. The van der Waals surface area contributed by atoms with Crippen molar-refractivity contribution in [1.82, 2.24) is 9.97 Å². The summed E-state index contributed by atoms with van der Waals surface area (Å²) in [5.74, 6) is 0.115. The predicted octanol–water partition coefficient (Wildman–Crippen LogP) is 4.95. The zero-order valence-electron chi connectivity index (χ0n) is 15.6. The predicted molar refractivity (Wildman–Crippen MR) is 111 cm³/mol. The maximum absolute atomic E-state index is 9.76. The lowest BCUT2D eigenvalue weighted by Gasteiger charge is -2.33. The quantitative estimate of drug-likeness (QED) is 0.681. The highest BCUT2D eigenvalue weighted by Gasteiger charge is 2.26. The second-order valence-corrected chi connectivity index (χ2v) is 6.95. The molecule has 0 aliphatic heterocycles. The monoisotopic (exact) mass is 368 g/mol. The SMILES string of the molecule is CCC1(Nc2c(C#N)cnc3ccc(-c4cncc(O)c4)cc23)C=CC=CC1. The van der Waals surface area contributed by atoms with Gasteiger partial charge >= 0.3 is 0 Å². The highest BCUT2D eigenvalue weighted by molar-refractivity contribution is 5.97. The number of pyridine rings is 2. The number of nitriles is 1. The number of hydrogen-bond donors (Lipinski definition) is 2. The molecule has 1 aliphatic rings. The Hall–Kier alpha value is -3.65. The molecule has 0 radical (unpaired) electrons. The number of rotatable bonds is 4. The van der Waals surface area contributed by atoms with Gasteiger partial charge in [-0.15, -0.1) is 0 Å². The topological polar surface area (TPSA) is 81.8 Å². The second-order valence-electron chi connectivity index (χ2n) is 6.95. The van der Waals surface area contributed by atoms with E-state index in [1.165, 1.54) is 6.20 Å². The van der Waals surface area contributed by atoms with Crippen molar-refractivity contribution in [2.75, 3.05) is 5.32 Å². The summed E-state index contributed by atoms with van der Waals surface area (Å²) in [7, 11) is 0. The van der Waals surface area contributed by atoms with Crippen molar-refractivity contribution in [1.29, 1.82) is 5.26 Å². The molecule has 1 aromatic carbocycles. The molecule has 1 atom stereocenters. The van der Waals surface area contributed by atoms with E-state index in [2.05, 4.69) is 40.4 Å². The molecule has 2 aromatic heterocycles. The third-order valence-electron chi connectivity index (χ3n) is 5.19. The van der Waals surface area contributed by atoms with E-state index in [4.69, 9.17) is 0 Å². The fourth-order valence-corrected chi connectivity index (χ4v) is 3.53. The molecule has 0 saturated heterocycles. The minimum Gasteiger partial charge on any atom is -0.506 e. The highest BCUT2D eigenvalue weighted by Crippen LogP contribution is 2.35. The summed E-state index contributed by atoms with van der Waals surface area (Å²) in [5, 5.41) is 23.9. The van der Waals surface area contributed by atoms with Gasteiger partial charge in [0.25, 0.3) is 0 Å². The van der Waals surface area contributed by atoms with Crippen LogP contribution in [0.15, 0.2) is 67.2 Å². The summed E-state index contributed by atoms with van der Waals surface area (Å²) in [4.78, 5) is 8.51. The van der Waals surface area contributed by atoms with E-state index in [1.807, 2.05) is 30.4 Å². The Balaban J connectivity index is 1.88. The maximum Gasteiger partial charge on any atom is 0.134 e. The molecule has 2 N–H and O–H groups in total. The van der Waals surface area contributed by atoms with Crippen molar-refractivity contribution in [2.24, 2.45) is 0 Å². The molecule has 2 heterocycles. The van der Waals surface area contributed by atoms with Crippen LogP contribution in [0.4, 0.5) is 5.69 Å². The van der Waals surface area contributed by atoms with Gasteiger partial charge in [0, 0.05) is 23.3 Å². The first-order valence-corrected chi connectivity index (χ1v) is 9.24. The number of nitrogens with zero attached hydrogens (tertiary/aromatic N) is 3. The van der Waals surface area contributed by atoms with Crippen LogP contribution in [0.25, 0.3) is 22.0 Å². The molecule has 28 heavy (non-hydrogen) atoms. The van der Waals surface area contributed by atoms with Gasteiger partial charge in [-0.25, -0.2) is 0 Å². The zero-order chi connectivity index (χ0) is 19.6. The average Bonchev–Trinajstić information content (AvgIpc) is 2.74. The van der Waals surface area contributed by atoms with Crippen LogP contribution in [0.2, 0.25) is 0 Å². The van der Waals surface area contributed by atoms with Crippen LogP contribution in [0.5, 0.6) is 5.75 Å². The fourth-order valence-electron chi connectivity index (χ4n) is 3.53. The first kappa shape index (κ1) is 17.7. The Morgan fingerprint density at radius 2 is 2.07 bits per heavy atom. The summed E-state index contributed by atoms with van der Waals surface area (Å²) in [6.45, 7) is 2.13. The number of hydrogen-bond acceptors (Lipinski definition) is 5. The summed E-state index contributed by atoms with van der Waals surface area (Å²) in [6.07, 6.45) is 14.8. The number of nitrogens with one attached hydrogen (secondary N) is 1. The van der Waals surface area contributed by atoms with E-state index in [1.54, 1.807) is 18.5 Å². The number of anilines is 1. The van der Waals surface area contributed by atoms with Gasteiger partial charge in [0.05, 0.1) is 28.5 Å². The lowest BCUT2D eigenvalue weighted by atomic mass is 9.87. The molecule has 0 fully saturated rings. The van der Waals surface area contributed by atoms with Crippen LogP contribution in [-0.4, -0.2) is 20.6 Å². The van der Waals surface area contributed by atoms with Crippen molar-refractivity contribution in [3.05, 3.63) is 72.7 Å². The van der Waals surface area contributed by atoms with Crippen molar-refractivity contribution in [2.45, 2.75) is 25.3 Å². The van der Waals surface area contributed by atoms with Gasteiger partial charge in [-0.2, -0.15) is 5.26 Å². The Morgan fingerprint density at radius 1 is 1.18 bits per heavy atom. The Morgan fingerprint density at radius 3 is 2.79 bits per heavy atom. The van der Waals surface area contributed by atoms with Crippen LogP contribution in [0.1, 0.15) is 25.3 Å². The van der Waals surface area contributed by atoms with Gasteiger partial charge in [0.1, 0.15) is 11.8 Å². The van der Waals surface area contributed by atoms with Crippen LogP contribution in [0.3, 0.4) is 0 Å². The summed E-state index contributed by atoms with van der Waals surface area (Å²) >= 11 is 0. The normalized spacial score (nSPS) is 18.1. The zero-order valence-corrected chi connectivity index (χ0v) is 15.6. The van der Waals surface area contributed by atoms with E-state index in [0.29, 0.717) is 5.56 Å².